The lowest BCUT2D eigenvalue weighted by Crippen LogP contribution is -2.32. The molecule has 0 amide bonds. The van der Waals surface area contributed by atoms with E-state index in [0.717, 1.165) is 0 Å². The molecule has 114 valence electrons. The van der Waals surface area contributed by atoms with E-state index in [1.54, 1.807) is 4.57 Å². The number of fused-ring (bicyclic) bond motifs is 1. The van der Waals surface area contributed by atoms with Crippen molar-refractivity contribution in [1.29, 1.82) is 0 Å². The normalized spacial score (nSPS) is 29.1. The van der Waals surface area contributed by atoms with Gasteiger partial charge in [-0.1, -0.05) is 0 Å². The first kappa shape index (κ1) is 14.3. The van der Waals surface area contributed by atoms with Crippen molar-refractivity contribution in [3.8, 4) is 5.88 Å². The standard InChI is InChI=1S/C11H15N5O4S/c1-20-9-5-8(14-11(12)15-9)16(3-13-5)10-7(19)6(18)4(2-17)21-10/h3-4,6-7,10,17-19H,2H2,1H3,(H2,12,14,15)/t4-,6-,7+,10-/m1/s1. The highest BCUT2D eigenvalue weighted by molar-refractivity contribution is 8.00. The molecule has 0 saturated carbocycles. The van der Waals surface area contributed by atoms with Gasteiger partial charge in [-0.2, -0.15) is 9.97 Å². The van der Waals surface area contributed by atoms with Gasteiger partial charge < -0.3 is 25.8 Å². The molecule has 0 unspecified atom stereocenters. The molecule has 9 nitrogen and oxygen atoms in total. The summed E-state index contributed by atoms with van der Waals surface area (Å²) in [5.74, 6) is 0.269. The van der Waals surface area contributed by atoms with Crippen molar-refractivity contribution in [3.05, 3.63) is 6.33 Å². The summed E-state index contributed by atoms with van der Waals surface area (Å²) >= 11 is 1.25. The van der Waals surface area contributed by atoms with Gasteiger partial charge in [0.1, 0.15) is 11.5 Å². The van der Waals surface area contributed by atoms with Crippen molar-refractivity contribution in [3.63, 3.8) is 0 Å². The second-order valence-electron chi connectivity index (χ2n) is 4.64. The topological polar surface area (TPSA) is 140 Å². The van der Waals surface area contributed by atoms with Gasteiger partial charge in [0.15, 0.2) is 11.2 Å². The number of aromatic nitrogens is 4. The number of hydrogen-bond donors (Lipinski definition) is 4. The summed E-state index contributed by atoms with van der Waals surface area (Å²) in [5.41, 5.74) is 6.46. The lowest BCUT2D eigenvalue weighted by Gasteiger charge is -2.17. The van der Waals surface area contributed by atoms with Gasteiger partial charge in [-0.25, -0.2) is 4.98 Å². The van der Waals surface area contributed by atoms with E-state index in [-0.39, 0.29) is 18.4 Å². The number of nitrogens with zero attached hydrogens (tertiary/aromatic N) is 4. The molecule has 3 rings (SSSR count). The maximum atomic E-state index is 10.1. The molecule has 0 spiro atoms. The molecule has 1 saturated heterocycles. The summed E-state index contributed by atoms with van der Waals surface area (Å²) in [5, 5.41) is 28.3. The Labute approximate surface area is 123 Å². The van der Waals surface area contributed by atoms with Crippen molar-refractivity contribution in [2.45, 2.75) is 22.8 Å². The SMILES string of the molecule is COc1nc(N)nc2c1ncn2[C@@H]1S[C@H](CO)[C@@H](O)[C@@H]1O. The maximum absolute atomic E-state index is 10.1. The van der Waals surface area contributed by atoms with Crippen molar-refractivity contribution in [1.82, 2.24) is 19.5 Å². The number of hydrogen-bond acceptors (Lipinski definition) is 9. The molecule has 21 heavy (non-hydrogen) atoms. The van der Waals surface area contributed by atoms with Gasteiger partial charge in [-0.3, -0.25) is 4.57 Å². The Balaban J connectivity index is 2.07. The minimum atomic E-state index is -1.05. The third kappa shape index (κ3) is 2.20. The fourth-order valence-corrected chi connectivity index (χ4v) is 3.72. The Morgan fingerprint density at radius 3 is 2.76 bits per heavy atom. The zero-order chi connectivity index (χ0) is 15.1. The minimum absolute atomic E-state index is 0.0258. The highest BCUT2D eigenvalue weighted by atomic mass is 32.2. The Morgan fingerprint density at radius 1 is 1.38 bits per heavy atom. The van der Waals surface area contributed by atoms with Crippen LogP contribution in [0.2, 0.25) is 0 Å². The molecule has 0 bridgehead atoms. The molecule has 2 aromatic rings. The quantitative estimate of drug-likeness (QED) is 0.547. The largest absolute Gasteiger partial charge is 0.479 e. The van der Waals surface area contributed by atoms with Crippen LogP contribution in [0.4, 0.5) is 5.95 Å². The number of methoxy groups -OCH3 is 1. The number of nitrogens with two attached hydrogens (primary N) is 1. The summed E-state index contributed by atoms with van der Waals surface area (Å²) < 4.78 is 6.71. The Hall–Kier alpha value is -1.62. The number of ether oxygens (including phenoxy) is 1. The third-order valence-corrected chi connectivity index (χ3v) is 4.95. The van der Waals surface area contributed by atoms with Crippen LogP contribution in [0.5, 0.6) is 5.88 Å². The summed E-state index contributed by atoms with van der Waals surface area (Å²) in [6, 6.07) is 0. The highest BCUT2D eigenvalue weighted by Crippen LogP contribution is 2.43. The van der Waals surface area contributed by atoms with Gasteiger partial charge >= 0.3 is 0 Å². The molecular formula is C11H15N5O4S. The van der Waals surface area contributed by atoms with E-state index in [9.17, 15) is 15.3 Å². The number of imidazole rings is 1. The fraction of sp³-hybridized carbons (Fsp3) is 0.545. The molecule has 10 heteroatoms. The summed E-state index contributed by atoms with van der Waals surface area (Å²) in [6.07, 6.45) is -0.593. The van der Waals surface area contributed by atoms with Gasteiger partial charge in [0.2, 0.25) is 11.8 Å². The number of anilines is 1. The fourth-order valence-electron chi connectivity index (χ4n) is 2.35. The summed E-state index contributed by atoms with van der Waals surface area (Å²) in [4.78, 5) is 12.2. The number of rotatable bonds is 3. The van der Waals surface area contributed by atoms with Crippen LogP contribution < -0.4 is 10.5 Å². The van der Waals surface area contributed by atoms with Gasteiger partial charge in [0.25, 0.3) is 0 Å². The van der Waals surface area contributed by atoms with Crippen LogP contribution in [-0.4, -0.2) is 66.0 Å². The first-order valence-electron chi connectivity index (χ1n) is 6.23. The monoisotopic (exact) mass is 313 g/mol. The van der Waals surface area contributed by atoms with Crippen molar-refractivity contribution in [2.75, 3.05) is 19.5 Å². The minimum Gasteiger partial charge on any atom is -0.479 e. The first-order valence-corrected chi connectivity index (χ1v) is 7.17. The predicted octanol–water partition coefficient (Wildman–Crippen LogP) is -1.25. The van der Waals surface area contributed by atoms with Crippen LogP contribution in [-0.2, 0) is 0 Å². The van der Waals surface area contributed by atoms with Gasteiger partial charge in [0.05, 0.1) is 31.4 Å². The number of aliphatic hydroxyl groups is 3. The summed E-state index contributed by atoms with van der Waals surface area (Å²) in [6.45, 7) is -0.230. The van der Waals surface area contributed by atoms with Crippen LogP contribution >= 0.6 is 11.8 Å². The summed E-state index contributed by atoms with van der Waals surface area (Å²) in [7, 11) is 1.45. The third-order valence-electron chi connectivity index (χ3n) is 3.39. The molecule has 0 aliphatic carbocycles. The molecule has 0 radical (unpaired) electrons. The zero-order valence-corrected chi connectivity index (χ0v) is 11.9. The van der Waals surface area contributed by atoms with Gasteiger partial charge in [0, 0.05) is 0 Å². The molecule has 2 aromatic heterocycles. The number of aliphatic hydroxyl groups excluding tert-OH is 3. The molecule has 1 aliphatic heterocycles. The van der Waals surface area contributed by atoms with Crippen molar-refractivity contribution < 1.29 is 20.1 Å². The number of nitrogen functional groups attached to an aromatic ring is 1. The van der Waals surface area contributed by atoms with Crippen LogP contribution in [0.15, 0.2) is 6.33 Å². The lowest BCUT2D eigenvalue weighted by atomic mass is 10.1. The molecule has 0 aromatic carbocycles. The molecule has 1 fully saturated rings. The molecule has 5 N–H and O–H groups in total. The van der Waals surface area contributed by atoms with Crippen LogP contribution in [0.1, 0.15) is 5.37 Å². The molecular weight excluding hydrogens is 298 g/mol. The first-order chi connectivity index (χ1) is 10.1. The van der Waals surface area contributed by atoms with Crippen LogP contribution in [0.25, 0.3) is 11.2 Å². The second-order valence-corrected chi connectivity index (χ2v) is 6.00. The maximum Gasteiger partial charge on any atom is 0.246 e. The Kier molecular flexibility index (Phi) is 3.61. The average molecular weight is 313 g/mol. The van der Waals surface area contributed by atoms with E-state index in [4.69, 9.17) is 10.5 Å². The molecule has 4 atom stereocenters. The van der Waals surface area contributed by atoms with E-state index >= 15 is 0 Å². The molecule has 1 aliphatic rings. The zero-order valence-electron chi connectivity index (χ0n) is 11.1. The van der Waals surface area contributed by atoms with Gasteiger partial charge in [-0.15, -0.1) is 11.8 Å². The van der Waals surface area contributed by atoms with Crippen molar-refractivity contribution in [2.24, 2.45) is 0 Å². The van der Waals surface area contributed by atoms with E-state index < -0.39 is 22.8 Å². The second kappa shape index (κ2) is 5.30. The smallest absolute Gasteiger partial charge is 0.246 e. The van der Waals surface area contributed by atoms with Crippen molar-refractivity contribution >= 4 is 28.9 Å². The van der Waals surface area contributed by atoms with E-state index in [0.29, 0.717) is 11.2 Å². The van der Waals surface area contributed by atoms with Crippen LogP contribution in [0, 0.1) is 0 Å². The Bertz CT molecular complexity index is 665. The van der Waals surface area contributed by atoms with Crippen LogP contribution in [0.3, 0.4) is 0 Å². The van der Waals surface area contributed by atoms with E-state index in [2.05, 4.69) is 15.0 Å². The predicted molar refractivity (Wildman–Crippen MR) is 75.8 cm³/mol. The molecule has 3 heterocycles. The highest BCUT2D eigenvalue weighted by Gasteiger charge is 2.43. The lowest BCUT2D eigenvalue weighted by molar-refractivity contribution is 0.0113. The van der Waals surface area contributed by atoms with E-state index in [1.165, 1.54) is 25.2 Å². The average Bonchev–Trinajstić information content (AvgIpc) is 3.01. The van der Waals surface area contributed by atoms with Gasteiger partial charge in [-0.05, 0) is 0 Å². The number of thioether (sulfide) groups is 1. The Morgan fingerprint density at radius 2 is 2.14 bits per heavy atom. The van der Waals surface area contributed by atoms with E-state index in [1.807, 2.05) is 0 Å².